The van der Waals surface area contributed by atoms with Crippen LogP contribution < -0.4 is 0 Å². The van der Waals surface area contributed by atoms with Crippen LogP contribution in [0, 0.1) is 13.8 Å². The van der Waals surface area contributed by atoms with Gasteiger partial charge in [-0.1, -0.05) is 23.8 Å². The van der Waals surface area contributed by atoms with E-state index < -0.39 is 0 Å². The highest BCUT2D eigenvalue weighted by molar-refractivity contribution is 7.99. The Balaban J connectivity index is 1.76. The fourth-order valence-electron chi connectivity index (χ4n) is 2.77. The van der Waals surface area contributed by atoms with Gasteiger partial charge in [0.15, 0.2) is 11.0 Å². The Hall–Kier alpha value is -2.25. The molecular weight excluding hydrogens is 350 g/mol. The largest absolute Gasteiger partial charge is 0.302 e. The van der Waals surface area contributed by atoms with E-state index >= 15 is 0 Å². The van der Waals surface area contributed by atoms with E-state index in [-0.39, 0.29) is 0 Å². The molecule has 0 aliphatic heterocycles. The van der Waals surface area contributed by atoms with Crippen LogP contribution in [0.4, 0.5) is 0 Å². The summed E-state index contributed by atoms with van der Waals surface area (Å²) >= 11 is 3.23. The van der Waals surface area contributed by atoms with Gasteiger partial charge in [-0.2, -0.15) is 0 Å². The first kappa shape index (κ1) is 16.2. The highest BCUT2D eigenvalue weighted by Gasteiger charge is 2.16. The van der Waals surface area contributed by atoms with Crippen molar-refractivity contribution in [3.05, 3.63) is 47.1 Å². The second kappa shape index (κ2) is 6.57. The Morgan fingerprint density at radius 1 is 1.12 bits per heavy atom. The van der Waals surface area contributed by atoms with Crippen LogP contribution in [0.15, 0.2) is 46.8 Å². The maximum Gasteiger partial charge on any atom is 0.197 e. The van der Waals surface area contributed by atoms with E-state index in [1.165, 1.54) is 10.4 Å². The first-order valence-electron chi connectivity index (χ1n) is 8.05. The van der Waals surface area contributed by atoms with Gasteiger partial charge in [-0.25, -0.2) is 9.97 Å². The number of nitrogens with zero attached hydrogens (tertiary/aromatic N) is 5. The van der Waals surface area contributed by atoms with E-state index in [1.807, 2.05) is 6.07 Å². The van der Waals surface area contributed by atoms with Gasteiger partial charge in [0.05, 0.1) is 0 Å². The molecule has 0 N–H and O–H groups in total. The van der Waals surface area contributed by atoms with Gasteiger partial charge in [0.1, 0.15) is 16.2 Å². The molecule has 0 saturated heterocycles. The summed E-state index contributed by atoms with van der Waals surface area (Å²) in [6.45, 7) is 7.08. The third-order valence-electron chi connectivity index (χ3n) is 3.91. The first-order valence-corrected chi connectivity index (χ1v) is 9.68. The fourth-order valence-corrected chi connectivity index (χ4v) is 4.63. The highest BCUT2D eigenvalue weighted by Crippen LogP contribution is 2.35. The molecule has 0 radical (unpaired) electrons. The molecule has 3 heterocycles. The van der Waals surface area contributed by atoms with Crippen LogP contribution in [0.5, 0.6) is 0 Å². The Bertz CT molecular complexity index is 1050. The molecule has 0 amide bonds. The van der Waals surface area contributed by atoms with Gasteiger partial charge in [0.2, 0.25) is 0 Å². The van der Waals surface area contributed by atoms with Crippen LogP contribution in [0.25, 0.3) is 21.6 Å². The topological polar surface area (TPSA) is 56.5 Å². The number of aryl methyl sites for hydroxylation is 2. The van der Waals surface area contributed by atoms with Crippen molar-refractivity contribution in [3.8, 4) is 11.4 Å². The van der Waals surface area contributed by atoms with Crippen LogP contribution in [0.1, 0.15) is 17.4 Å². The van der Waals surface area contributed by atoms with Gasteiger partial charge in [-0.3, -0.25) is 0 Å². The van der Waals surface area contributed by atoms with Crippen molar-refractivity contribution in [2.24, 2.45) is 0 Å². The molecule has 25 heavy (non-hydrogen) atoms. The number of thiophene rings is 1. The molecule has 126 valence electrons. The van der Waals surface area contributed by atoms with Crippen molar-refractivity contribution in [2.75, 3.05) is 0 Å². The number of fused-ring (bicyclic) bond motifs is 1. The minimum absolute atomic E-state index is 0.801. The van der Waals surface area contributed by atoms with E-state index in [9.17, 15) is 0 Å². The van der Waals surface area contributed by atoms with Crippen molar-refractivity contribution in [3.63, 3.8) is 0 Å². The molecular formula is C18H17N5S2. The number of aromatic nitrogens is 5. The quantitative estimate of drug-likeness (QED) is 0.488. The number of benzene rings is 1. The van der Waals surface area contributed by atoms with Crippen molar-refractivity contribution in [1.82, 2.24) is 24.7 Å². The minimum Gasteiger partial charge on any atom is -0.302 e. The van der Waals surface area contributed by atoms with E-state index in [4.69, 9.17) is 0 Å². The third-order valence-corrected chi connectivity index (χ3v) is 5.88. The summed E-state index contributed by atoms with van der Waals surface area (Å²) in [5.41, 5.74) is 2.30. The average Bonchev–Trinajstić information content (AvgIpc) is 3.17. The summed E-state index contributed by atoms with van der Waals surface area (Å²) in [6.07, 6.45) is 1.62. The molecule has 0 atom stereocenters. The maximum absolute atomic E-state index is 4.46. The molecule has 0 aliphatic rings. The second-order valence-electron chi connectivity index (χ2n) is 5.78. The molecule has 4 aromatic rings. The SMILES string of the molecule is CCn1c(Sc2ncnc3sc(C)cc23)nnc1-c1cccc(C)c1. The lowest BCUT2D eigenvalue weighted by molar-refractivity contribution is 0.687. The normalized spacial score (nSPS) is 11.3. The molecule has 0 saturated carbocycles. The number of hydrogen-bond acceptors (Lipinski definition) is 6. The third kappa shape index (κ3) is 3.05. The van der Waals surface area contributed by atoms with Gasteiger partial charge >= 0.3 is 0 Å². The molecule has 7 heteroatoms. The molecule has 1 aromatic carbocycles. The number of rotatable bonds is 4. The number of hydrogen-bond donors (Lipinski definition) is 0. The first-order chi connectivity index (χ1) is 12.2. The molecule has 5 nitrogen and oxygen atoms in total. The summed E-state index contributed by atoms with van der Waals surface area (Å²) in [7, 11) is 0. The molecule has 0 spiro atoms. The molecule has 0 unspecified atom stereocenters. The summed E-state index contributed by atoms with van der Waals surface area (Å²) in [5.74, 6) is 0.889. The van der Waals surface area contributed by atoms with Crippen molar-refractivity contribution in [1.29, 1.82) is 0 Å². The molecule has 4 rings (SSSR count). The second-order valence-corrected chi connectivity index (χ2v) is 7.97. The lowest BCUT2D eigenvalue weighted by atomic mass is 10.1. The molecule has 0 bridgehead atoms. The highest BCUT2D eigenvalue weighted by atomic mass is 32.2. The van der Waals surface area contributed by atoms with Crippen LogP contribution >= 0.6 is 23.1 Å². The standard InChI is InChI=1S/C18H17N5S2/c1-4-23-15(13-7-5-6-11(2)8-13)21-22-18(23)25-17-14-9-12(3)24-16(14)19-10-20-17/h5-10H,4H2,1-3H3. The summed E-state index contributed by atoms with van der Waals surface area (Å²) in [4.78, 5) is 11.1. The maximum atomic E-state index is 4.46. The predicted molar refractivity (Wildman–Crippen MR) is 102 cm³/mol. The minimum atomic E-state index is 0.801. The zero-order valence-electron chi connectivity index (χ0n) is 14.2. The lowest BCUT2D eigenvalue weighted by Gasteiger charge is -2.07. The average molecular weight is 368 g/mol. The zero-order chi connectivity index (χ0) is 17.4. The van der Waals surface area contributed by atoms with E-state index in [0.29, 0.717) is 0 Å². The molecule has 0 fully saturated rings. The molecule has 3 aromatic heterocycles. The predicted octanol–water partition coefficient (Wildman–Crippen LogP) is 4.74. The summed E-state index contributed by atoms with van der Waals surface area (Å²) in [5, 5.41) is 11.7. The Morgan fingerprint density at radius 3 is 2.80 bits per heavy atom. The smallest absolute Gasteiger partial charge is 0.197 e. The fraction of sp³-hybridized carbons (Fsp3) is 0.222. The van der Waals surface area contributed by atoms with E-state index in [0.717, 1.165) is 38.3 Å². The van der Waals surface area contributed by atoms with Gasteiger partial charge in [-0.15, -0.1) is 21.5 Å². The molecule has 0 aliphatic carbocycles. The zero-order valence-corrected chi connectivity index (χ0v) is 15.9. The van der Waals surface area contributed by atoms with Crippen molar-refractivity contribution < 1.29 is 0 Å². The van der Waals surface area contributed by atoms with Gasteiger partial charge in [-0.05, 0) is 44.7 Å². The lowest BCUT2D eigenvalue weighted by Crippen LogP contribution is -2.00. The van der Waals surface area contributed by atoms with Gasteiger partial charge < -0.3 is 4.57 Å². The van der Waals surface area contributed by atoms with Crippen molar-refractivity contribution in [2.45, 2.75) is 37.5 Å². The van der Waals surface area contributed by atoms with Crippen LogP contribution in [0.2, 0.25) is 0 Å². The van der Waals surface area contributed by atoms with Crippen LogP contribution in [-0.4, -0.2) is 24.7 Å². The van der Waals surface area contributed by atoms with Crippen LogP contribution in [-0.2, 0) is 6.54 Å². The monoisotopic (exact) mass is 367 g/mol. The summed E-state index contributed by atoms with van der Waals surface area (Å²) in [6, 6.07) is 10.5. The van der Waals surface area contributed by atoms with E-state index in [1.54, 1.807) is 29.4 Å². The van der Waals surface area contributed by atoms with Gasteiger partial charge in [0.25, 0.3) is 0 Å². The van der Waals surface area contributed by atoms with Gasteiger partial charge in [0, 0.05) is 22.4 Å². The van der Waals surface area contributed by atoms with Crippen molar-refractivity contribution >= 4 is 33.3 Å². The Morgan fingerprint density at radius 2 is 2.00 bits per heavy atom. The Labute approximate surface area is 154 Å². The van der Waals surface area contributed by atoms with Crippen LogP contribution in [0.3, 0.4) is 0 Å². The van der Waals surface area contributed by atoms with E-state index in [2.05, 4.69) is 69.8 Å². The Kier molecular flexibility index (Phi) is 4.27. The summed E-state index contributed by atoms with van der Waals surface area (Å²) < 4.78 is 2.13.